The molecule has 0 unspecified atom stereocenters. The first kappa shape index (κ1) is 17.9. The number of fused-ring (bicyclic) bond motifs is 5. The highest BCUT2D eigenvalue weighted by molar-refractivity contribution is 6.18. The molecule has 0 atom stereocenters. The molecule has 1 aromatic heterocycles. The molecule has 0 saturated carbocycles. The Morgan fingerprint density at radius 2 is 1.16 bits per heavy atom. The van der Waals surface area contributed by atoms with Gasteiger partial charge in [-0.25, -0.2) is 4.98 Å². The average molecular weight is 397 g/mol. The SMILES string of the molecule is Cc1cc(-c2ccccc2)cc(-c2[nH+]ccc3c2ccc2c4ccccc4ccc32)c1. The van der Waals surface area contributed by atoms with E-state index in [-0.39, 0.29) is 0 Å². The number of aromatic amines is 1. The van der Waals surface area contributed by atoms with Gasteiger partial charge in [-0.1, -0.05) is 78.9 Å². The summed E-state index contributed by atoms with van der Waals surface area (Å²) in [5, 5.41) is 7.70. The van der Waals surface area contributed by atoms with Crippen LogP contribution in [0.3, 0.4) is 0 Å². The zero-order valence-electron chi connectivity index (χ0n) is 17.4. The molecule has 0 bridgehead atoms. The second-order valence-electron chi connectivity index (χ2n) is 8.22. The van der Waals surface area contributed by atoms with Gasteiger partial charge in [0.2, 0.25) is 5.69 Å². The van der Waals surface area contributed by atoms with Crippen molar-refractivity contribution in [2.75, 3.05) is 0 Å². The summed E-state index contributed by atoms with van der Waals surface area (Å²) in [6.07, 6.45) is 2.07. The molecule has 6 rings (SSSR count). The normalized spacial score (nSPS) is 11.4. The van der Waals surface area contributed by atoms with Gasteiger partial charge < -0.3 is 0 Å². The Balaban J connectivity index is 1.61. The molecule has 1 nitrogen and oxygen atoms in total. The van der Waals surface area contributed by atoms with Gasteiger partial charge in [-0.05, 0) is 63.4 Å². The Morgan fingerprint density at radius 3 is 2.06 bits per heavy atom. The highest BCUT2D eigenvalue weighted by Gasteiger charge is 2.15. The van der Waals surface area contributed by atoms with Crippen LogP contribution < -0.4 is 4.98 Å². The second-order valence-corrected chi connectivity index (χ2v) is 8.22. The molecule has 31 heavy (non-hydrogen) atoms. The third-order valence-electron chi connectivity index (χ3n) is 6.19. The molecular weight excluding hydrogens is 374 g/mol. The van der Waals surface area contributed by atoms with Crippen molar-refractivity contribution >= 4 is 32.3 Å². The minimum absolute atomic E-state index is 1.16. The number of rotatable bonds is 2. The number of hydrogen-bond donors (Lipinski definition) is 0. The fourth-order valence-electron chi connectivity index (χ4n) is 4.76. The van der Waals surface area contributed by atoms with Crippen LogP contribution in [-0.4, -0.2) is 0 Å². The number of benzene rings is 5. The first-order valence-electron chi connectivity index (χ1n) is 10.7. The van der Waals surface area contributed by atoms with E-state index < -0.39 is 0 Å². The van der Waals surface area contributed by atoms with Gasteiger partial charge in [0.15, 0.2) is 6.20 Å². The molecule has 0 radical (unpaired) electrons. The molecular formula is C30H22N+. The van der Waals surface area contributed by atoms with Gasteiger partial charge in [-0.3, -0.25) is 0 Å². The van der Waals surface area contributed by atoms with E-state index in [1.54, 1.807) is 0 Å². The quantitative estimate of drug-likeness (QED) is 0.268. The lowest BCUT2D eigenvalue weighted by Gasteiger charge is -2.10. The Morgan fingerprint density at radius 1 is 0.484 bits per heavy atom. The van der Waals surface area contributed by atoms with Crippen LogP contribution in [0.4, 0.5) is 0 Å². The van der Waals surface area contributed by atoms with Crippen LogP contribution in [0.2, 0.25) is 0 Å². The van der Waals surface area contributed by atoms with Gasteiger partial charge >= 0.3 is 0 Å². The van der Waals surface area contributed by atoms with Crippen molar-refractivity contribution < 1.29 is 4.98 Å². The van der Waals surface area contributed by atoms with E-state index in [0.29, 0.717) is 0 Å². The van der Waals surface area contributed by atoms with Crippen molar-refractivity contribution in [3.05, 3.63) is 115 Å². The van der Waals surface area contributed by atoms with E-state index in [1.807, 2.05) is 0 Å². The Bertz CT molecular complexity index is 1580. The summed E-state index contributed by atoms with van der Waals surface area (Å²) in [7, 11) is 0. The van der Waals surface area contributed by atoms with Crippen LogP contribution in [0.15, 0.2) is 109 Å². The van der Waals surface area contributed by atoms with Crippen molar-refractivity contribution in [3.63, 3.8) is 0 Å². The molecule has 6 aromatic rings. The number of hydrogen-bond acceptors (Lipinski definition) is 0. The Hall–Kier alpha value is -3.97. The van der Waals surface area contributed by atoms with Crippen molar-refractivity contribution in [1.29, 1.82) is 0 Å². The van der Waals surface area contributed by atoms with Crippen LogP contribution >= 0.6 is 0 Å². The van der Waals surface area contributed by atoms with Gasteiger partial charge in [0.25, 0.3) is 0 Å². The zero-order valence-corrected chi connectivity index (χ0v) is 17.4. The van der Waals surface area contributed by atoms with E-state index in [0.717, 1.165) is 5.69 Å². The molecule has 0 aliphatic carbocycles. The third kappa shape index (κ3) is 2.98. The molecule has 0 amide bonds. The fourth-order valence-corrected chi connectivity index (χ4v) is 4.76. The fraction of sp³-hybridized carbons (Fsp3) is 0.0333. The standard InChI is InChI=1S/C30H21N/c1-20-17-23(21-7-3-2-4-8-21)19-24(18-20)30-29-14-13-26-25-10-6-5-9-22(25)11-12-27(26)28(29)15-16-31-30/h2-19H,1H3/p+1. The van der Waals surface area contributed by atoms with Crippen LogP contribution in [0, 0.1) is 6.92 Å². The topological polar surface area (TPSA) is 14.1 Å². The van der Waals surface area contributed by atoms with Gasteiger partial charge in [-0.15, -0.1) is 0 Å². The lowest BCUT2D eigenvalue weighted by molar-refractivity contribution is -0.362. The molecule has 1 heterocycles. The smallest absolute Gasteiger partial charge is 0.211 e. The van der Waals surface area contributed by atoms with Crippen molar-refractivity contribution in [3.8, 4) is 22.4 Å². The number of pyridine rings is 1. The molecule has 1 heteroatoms. The van der Waals surface area contributed by atoms with E-state index in [9.17, 15) is 0 Å². The van der Waals surface area contributed by atoms with Crippen molar-refractivity contribution in [1.82, 2.24) is 0 Å². The molecule has 0 aliphatic rings. The maximum absolute atomic E-state index is 3.54. The summed E-state index contributed by atoms with van der Waals surface area (Å²) in [4.78, 5) is 3.54. The van der Waals surface area contributed by atoms with E-state index >= 15 is 0 Å². The highest BCUT2D eigenvalue weighted by atomic mass is 14.7. The largest absolute Gasteiger partial charge is 0.218 e. The van der Waals surface area contributed by atoms with Gasteiger partial charge in [-0.2, -0.15) is 0 Å². The molecule has 0 saturated heterocycles. The van der Waals surface area contributed by atoms with Crippen molar-refractivity contribution in [2.45, 2.75) is 6.92 Å². The van der Waals surface area contributed by atoms with Crippen LogP contribution in [0.25, 0.3) is 54.7 Å². The number of aromatic nitrogens is 1. The summed E-state index contributed by atoms with van der Waals surface area (Å²) >= 11 is 0. The van der Waals surface area contributed by atoms with Gasteiger partial charge in [0.1, 0.15) is 0 Å². The lowest BCUT2D eigenvalue weighted by Crippen LogP contribution is -2.06. The van der Waals surface area contributed by atoms with Crippen LogP contribution in [0.5, 0.6) is 0 Å². The number of aryl methyl sites for hydroxylation is 1. The first-order chi connectivity index (χ1) is 15.3. The predicted molar refractivity (Wildman–Crippen MR) is 131 cm³/mol. The van der Waals surface area contributed by atoms with Gasteiger partial charge in [0.05, 0.1) is 5.39 Å². The lowest BCUT2D eigenvalue weighted by atomic mass is 9.93. The Kier molecular flexibility index (Phi) is 4.07. The molecule has 0 fully saturated rings. The summed E-state index contributed by atoms with van der Waals surface area (Å²) in [5.74, 6) is 0. The Labute approximate surface area is 181 Å². The summed E-state index contributed by atoms with van der Waals surface area (Å²) in [6.45, 7) is 2.17. The molecule has 0 spiro atoms. The molecule has 5 aromatic carbocycles. The molecule has 0 aliphatic heterocycles. The van der Waals surface area contributed by atoms with E-state index in [1.165, 1.54) is 54.6 Å². The van der Waals surface area contributed by atoms with Crippen LogP contribution in [-0.2, 0) is 0 Å². The first-order valence-corrected chi connectivity index (χ1v) is 10.7. The summed E-state index contributed by atoms with van der Waals surface area (Å²) in [6, 6.07) is 37.2. The number of nitrogens with one attached hydrogen (secondary N) is 1. The second kappa shape index (κ2) is 7.07. The molecule has 146 valence electrons. The highest BCUT2D eigenvalue weighted by Crippen LogP contribution is 2.35. The predicted octanol–water partition coefficient (Wildman–Crippen LogP) is 7.60. The summed E-state index contributed by atoms with van der Waals surface area (Å²) in [5.41, 5.74) is 6.11. The number of H-pyrrole nitrogens is 1. The summed E-state index contributed by atoms with van der Waals surface area (Å²) < 4.78 is 0. The van der Waals surface area contributed by atoms with E-state index in [4.69, 9.17) is 0 Å². The maximum Gasteiger partial charge on any atom is 0.218 e. The maximum atomic E-state index is 3.54. The molecule has 1 N–H and O–H groups in total. The van der Waals surface area contributed by atoms with Gasteiger partial charge in [0, 0.05) is 17.0 Å². The minimum atomic E-state index is 1.16. The third-order valence-corrected chi connectivity index (χ3v) is 6.19. The van der Waals surface area contributed by atoms with Crippen LogP contribution in [0.1, 0.15) is 5.56 Å². The van der Waals surface area contributed by atoms with Crippen molar-refractivity contribution in [2.24, 2.45) is 0 Å². The zero-order chi connectivity index (χ0) is 20.8. The monoisotopic (exact) mass is 396 g/mol. The minimum Gasteiger partial charge on any atom is -0.211 e. The van der Waals surface area contributed by atoms with E-state index in [2.05, 4.69) is 121 Å². The average Bonchev–Trinajstić information content (AvgIpc) is 2.83.